The van der Waals surface area contributed by atoms with Gasteiger partial charge in [-0.1, -0.05) is 30.3 Å². The second-order valence-electron chi connectivity index (χ2n) is 7.56. The van der Waals surface area contributed by atoms with E-state index in [1.165, 1.54) is 12.5 Å². The van der Waals surface area contributed by atoms with E-state index in [2.05, 4.69) is 41.7 Å². The molecule has 2 amide bonds. The van der Waals surface area contributed by atoms with E-state index in [0.29, 0.717) is 21.5 Å². The zero-order valence-corrected chi connectivity index (χ0v) is 21.6. The van der Waals surface area contributed by atoms with Gasteiger partial charge in [-0.05, 0) is 52.2 Å². The van der Waals surface area contributed by atoms with E-state index >= 15 is 0 Å². The molecule has 2 aromatic carbocycles. The zero-order chi connectivity index (χ0) is 26.5. The van der Waals surface area contributed by atoms with Gasteiger partial charge in [0, 0.05) is 18.3 Å². The maximum absolute atomic E-state index is 12.8. The molecule has 3 rings (SSSR count). The third-order valence-electron chi connectivity index (χ3n) is 4.80. The molecule has 0 aliphatic heterocycles. The molecule has 3 N–H and O–H groups in total. The van der Waals surface area contributed by atoms with Crippen LogP contribution in [-0.2, 0) is 32.1 Å². The van der Waals surface area contributed by atoms with Gasteiger partial charge in [-0.25, -0.2) is 20.0 Å². The van der Waals surface area contributed by atoms with Crippen molar-refractivity contribution in [1.29, 1.82) is 0 Å². The topological polar surface area (TPSA) is 144 Å². The van der Waals surface area contributed by atoms with Crippen LogP contribution in [0.15, 0.2) is 70.6 Å². The number of carbonyl (C=O) groups is 3. The largest absolute Gasteiger partial charge is 0.481 e. The number of halogens is 1. The number of aromatic nitrogens is 2. The first-order chi connectivity index (χ1) is 17.9. The molecule has 0 spiro atoms. The average molecular weight is 572 g/mol. The van der Waals surface area contributed by atoms with E-state index in [0.717, 1.165) is 5.56 Å². The fourth-order valence-corrected chi connectivity index (χ4v) is 3.55. The number of nitrogens with one attached hydrogen (secondary N) is 3. The number of ether oxygens (including phenoxy) is 3. The minimum atomic E-state index is -0.966. The van der Waals surface area contributed by atoms with Crippen molar-refractivity contribution in [3.05, 3.63) is 82.3 Å². The van der Waals surface area contributed by atoms with Crippen LogP contribution in [0.4, 0.5) is 4.79 Å². The summed E-state index contributed by atoms with van der Waals surface area (Å²) in [4.78, 5) is 43.4. The van der Waals surface area contributed by atoms with Crippen LogP contribution in [0.25, 0.3) is 0 Å². The lowest BCUT2D eigenvalue weighted by molar-refractivity contribution is -0.145. The Bertz CT molecular complexity index is 1200. The fourth-order valence-electron chi connectivity index (χ4n) is 3.03. The van der Waals surface area contributed by atoms with Gasteiger partial charge in [0.2, 0.25) is 0 Å². The molecule has 0 unspecified atom stereocenters. The Morgan fingerprint density at radius 3 is 2.68 bits per heavy atom. The SMILES string of the molecule is CCOC(=O)COc1ccc(/C=N\NC(=O)[C@H](Cc2cnc[nH]2)NC(=O)OCc2ccccc2)cc1Br. The monoisotopic (exact) mass is 571 g/mol. The molecule has 12 heteroatoms. The summed E-state index contributed by atoms with van der Waals surface area (Å²) in [5.74, 6) is -0.562. The van der Waals surface area contributed by atoms with E-state index < -0.39 is 24.0 Å². The first-order valence-electron chi connectivity index (χ1n) is 11.3. The van der Waals surface area contributed by atoms with Crippen LogP contribution in [0.2, 0.25) is 0 Å². The third kappa shape index (κ3) is 9.41. The van der Waals surface area contributed by atoms with Crippen LogP contribution >= 0.6 is 15.9 Å². The number of benzene rings is 2. The van der Waals surface area contributed by atoms with Crippen molar-refractivity contribution in [2.24, 2.45) is 5.10 Å². The molecule has 0 saturated carbocycles. The molecule has 37 heavy (non-hydrogen) atoms. The number of carbonyl (C=O) groups excluding carboxylic acids is 3. The number of H-pyrrole nitrogens is 1. The highest BCUT2D eigenvalue weighted by Gasteiger charge is 2.22. The highest BCUT2D eigenvalue weighted by Crippen LogP contribution is 2.25. The first kappa shape index (κ1) is 27.4. The Kier molecular flexibility index (Phi) is 10.7. The van der Waals surface area contributed by atoms with E-state index in [-0.39, 0.29) is 26.2 Å². The number of nitrogens with zero attached hydrogens (tertiary/aromatic N) is 2. The molecule has 0 aliphatic carbocycles. The lowest BCUT2D eigenvalue weighted by Gasteiger charge is -2.16. The fraction of sp³-hybridized carbons (Fsp3) is 0.240. The maximum atomic E-state index is 12.8. The molecule has 1 heterocycles. The van der Waals surface area contributed by atoms with Gasteiger partial charge in [0.05, 0.1) is 23.6 Å². The van der Waals surface area contributed by atoms with Gasteiger partial charge >= 0.3 is 12.1 Å². The number of hydrogen-bond donors (Lipinski definition) is 3. The number of aromatic amines is 1. The van der Waals surface area contributed by atoms with Crippen molar-refractivity contribution in [3.63, 3.8) is 0 Å². The molecule has 11 nitrogen and oxygen atoms in total. The Balaban J connectivity index is 1.56. The highest BCUT2D eigenvalue weighted by molar-refractivity contribution is 9.10. The van der Waals surface area contributed by atoms with Crippen molar-refractivity contribution in [1.82, 2.24) is 20.7 Å². The summed E-state index contributed by atoms with van der Waals surface area (Å²) in [5, 5.41) is 6.55. The molecule has 0 radical (unpaired) electrons. The van der Waals surface area contributed by atoms with Gasteiger partial charge in [-0.3, -0.25) is 4.79 Å². The number of imidazole rings is 1. The molecule has 1 aromatic heterocycles. The van der Waals surface area contributed by atoms with E-state index in [4.69, 9.17) is 14.2 Å². The minimum absolute atomic E-state index is 0.0671. The molecule has 0 fully saturated rings. The number of esters is 1. The summed E-state index contributed by atoms with van der Waals surface area (Å²) in [6, 6.07) is 13.3. The van der Waals surface area contributed by atoms with Crippen LogP contribution in [-0.4, -0.2) is 53.4 Å². The summed E-state index contributed by atoms with van der Waals surface area (Å²) in [5.41, 5.74) is 4.55. The minimum Gasteiger partial charge on any atom is -0.481 e. The van der Waals surface area contributed by atoms with Gasteiger partial charge in [0.1, 0.15) is 18.4 Å². The number of amides is 2. The van der Waals surface area contributed by atoms with E-state index in [1.807, 2.05) is 30.3 Å². The second kappa shape index (κ2) is 14.4. The standard InChI is InChI=1S/C25H26BrN5O6/c1-2-35-23(32)15-36-22-9-8-18(10-20(22)26)12-29-31-24(33)21(11-19-13-27-16-28-19)30-25(34)37-14-17-6-4-3-5-7-17/h3-10,12-13,16,21H,2,11,14-15H2,1H3,(H,27,28)(H,30,34)(H,31,33)/b29-12-/t21-/m0/s1. The van der Waals surface area contributed by atoms with Gasteiger partial charge in [-0.15, -0.1) is 0 Å². The van der Waals surface area contributed by atoms with Crippen molar-refractivity contribution < 1.29 is 28.6 Å². The Morgan fingerprint density at radius 2 is 1.97 bits per heavy atom. The number of hydrogen-bond acceptors (Lipinski definition) is 8. The van der Waals surface area contributed by atoms with Crippen LogP contribution < -0.4 is 15.5 Å². The molecule has 0 bridgehead atoms. The molecule has 1 atom stereocenters. The quantitative estimate of drug-likeness (QED) is 0.172. The normalized spacial score (nSPS) is 11.5. The number of alkyl carbamates (subject to hydrolysis) is 1. The third-order valence-corrected chi connectivity index (χ3v) is 5.42. The summed E-state index contributed by atoms with van der Waals surface area (Å²) in [7, 11) is 0. The summed E-state index contributed by atoms with van der Waals surface area (Å²) in [6.07, 6.45) is 3.88. The maximum Gasteiger partial charge on any atom is 0.408 e. The van der Waals surface area contributed by atoms with Gasteiger partial charge < -0.3 is 24.5 Å². The smallest absolute Gasteiger partial charge is 0.408 e. The predicted molar refractivity (Wildman–Crippen MR) is 138 cm³/mol. The molecule has 0 aliphatic rings. The highest BCUT2D eigenvalue weighted by atomic mass is 79.9. The molecule has 194 valence electrons. The predicted octanol–water partition coefficient (Wildman–Crippen LogP) is 3.10. The van der Waals surface area contributed by atoms with Gasteiger partial charge in [-0.2, -0.15) is 5.10 Å². The first-order valence-corrected chi connectivity index (χ1v) is 12.1. The second-order valence-corrected chi connectivity index (χ2v) is 8.41. The lowest BCUT2D eigenvalue weighted by atomic mass is 10.1. The van der Waals surface area contributed by atoms with Crippen molar-refractivity contribution in [2.75, 3.05) is 13.2 Å². The average Bonchev–Trinajstić information content (AvgIpc) is 3.40. The summed E-state index contributed by atoms with van der Waals surface area (Å²) >= 11 is 3.38. The lowest BCUT2D eigenvalue weighted by Crippen LogP contribution is -2.47. The summed E-state index contributed by atoms with van der Waals surface area (Å²) < 4.78 is 16.1. The van der Waals surface area contributed by atoms with Crippen LogP contribution in [0.3, 0.4) is 0 Å². The van der Waals surface area contributed by atoms with Crippen molar-refractivity contribution in [2.45, 2.75) is 26.0 Å². The molecule has 3 aromatic rings. The van der Waals surface area contributed by atoms with Crippen molar-refractivity contribution >= 4 is 40.1 Å². The Morgan fingerprint density at radius 1 is 1.16 bits per heavy atom. The summed E-state index contributed by atoms with van der Waals surface area (Å²) in [6.45, 7) is 1.84. The molecule has 0 saturated heterocycles. The zero-order valence-electron chi connectivity index (χ0n) is 20.0. The number of hydrazone groups is 1. The van der Waals surface area contributed by atoms with E-state index in [9.17, 15) is 14.4 Å². The van der Waals surface area contributed by atoms with Crippen LogP contribution in [0.5, 0.6) is 5.75 Å². The Hall–Kier alpha value is -4.19. The van der Waals surface area contributed by atoms with E-state index in [1.54, 1.807) is 31.3 Å². The number of rotatable bonds is 12. The Labute approximate surface area is 221 Å². The molecular weight excluding hydrogens is 546 g/mol. The van der Waals surface area contributed by atoms with Crippen molar-refractivity contribution in [3.8, 4) is 5.75 Å². The van der Waals surface area contributed by atoms with Gasteiger partial charge in [0.15, 0.2) is 6.61 Å². The van der Waals surface area contributed by atoms with Crippen LogP contribution in [0, 0.1) is 0 Å². The van der Waals surface area contributed by atoms with Gasteiger partial charge in [0.25, 0.3) is 5.91 Å². The van der Waals surface area contributed by atoms with Crippen LogP contribution in [0.1, 0.15) is 23.7 Å². The molecular formula is C25H26BrN5O6.